The molecule has 0 aromatic heterocycles. The van der Waals surface area contributed by atoms with Crippen LogP contribution >= 0.6 is 0 Å². The van der Waals surface area contributed by atoms with Crippen molar-refractivity contribution in [2.75, 3.05) is 20.4 Å². The van der Waals surface area contributed by atoms with Crippen molar-refractivity contribution in [2.45, 2.75) is 44.6 Å². The van der Waals surface area contributed by atoms with Gasteiger partial charge in [-0.2, -0.15) is 0 Å². The van der Waals surface area contributed by atoms with Crippen LogP contribution < -0.4 is 14.8 Å². The second-order valence-corrected chi connectivity index (χ2v) is 7.62. The van der Waals surface area contributed by atoms with Gasteiger partial charge in [0.1, 0.15) is 17.3 Å². The molecule has 1 heterocycles. The molecule has 0 saturated carbocycles. The monoisotopic (exact) mass is 399 g/mol. The second kappa shape index (κ2) is 8.82. The summed E-state index contributed by atoms with van der Waals surface area (Å²) in [4.78, 5) is 12.5. The van der Waals surface area contributed by atoms with Gasteiger partial charge >= 0.3 is 0 Å². The molecule has 0 saturated heterocycles. The lowest BCUT2D eigenvalue weighted by Gasteiger charge is -2.25. The minimum atomic E-state index is -0.312. The minimum Gasteiger partial charge on any atom is -0.497 e. The van der Waals surface area contributed by atoms with Gasteiger partial charge in [-0.05, 0) is 72.6 Å². The SMILES string of the molecule is COc1ccc2c(c1)CCCC2CC(=O)NCCc1cc(F)cc2c1OCOC2. The third-order valence-electron chi connectivity index (χ3n) is 5.69. The van der Waals surface area contributed by atoms with Gasteiger partial charge in [0.15, 0.2) is 6.79 Å². The Bertz CT molecular complexity index is 899. The quantitative estimate of drug-likeness (QED) is 0.801. The van der Waals surface area contributed by atoms with Crippen LogP contribution in [-0.2, 0) is 29.0 Å². The summed E-state index contributed by atoms with van der Waals surface area (Å²) < 4.78 is 29.9. The molecule has 1 aliphatic carbocycles. The summed E-state index contributed by atoms with van der Waals surface area (Å²) in [7, 11) is 1.67. The zero-order valence-corrected chi connectivity index (χ0v) is 16.6. The number of aryl methyl sites for hydroxylation is 1. The topological polar surface area (TPSA) is 56.8 Å². The van der Waals surface area contributed by atoms with E-state index in [1.807, 2.05) is 6.07 Å². The van der Waals surface area contributed by atoms with Crippen molar-refractivity contribution < 1.29 is 23.4 Å². The van der Waals surface area contributed by atoms with Gasteiger partial charge in [-0.3, -0.25) is 4.79 Å². The van der Waals surface area contributed by atoms with Crippen molar-refractivity contribution in [2.24, 2.45) is 0 Å². The molecule has 1 atom stereocenters. The van der Waals surface area contributed by atoms with Crippen molar-refractivity contribution in [3.63, 3.8) is 0 Å². The van der Waals surface area contributed by atoms with Gasteiger partial charge in [0, 0.05) is 18.5 Å². The third kappa shape index (κ3) is 4.53. The Kier molecular flexibility index (Phi) is 6.00. The number of benzene rings is 2. The van der Waals surface area contributed by atoms with Gasteiger partial charge in [0.25, 0.3) is 0 Å². The Morgan fingerprint density at radius 1 is 1.28 bits per heavy atom. The van der Waals surface area contributed by atoms with E-state index in [-0.39, 0.29) is 24.4 Å². The number of ether oxygens (including phenoxy) is 3. The fourth-order valence-corrected chi connectivity index (χ4v) is 4.31. The van der Waals surface area contributed by atoms with Gasteiger partial charge in [0.05, 0.1) is 13.7 Å². The predicted octanol–water partition coefficient (Wildman–Crippen LogP) is 3.87. The highest BCUT2D eigenvalue weighted by Gasteiger charge is 2.23. The molecule has 29 heavy (non-hydrogen) atoms. The van der Waals surface area contributed by atoms with E-state index in [0.717, 1.165) is 30.6 Å². The smallest absolute Gasteiger partial charge is 0.220 e. The Labute approximate surface area is 170 Å². The first-order valence-corrected chi connectivity index (χ1v) is 10.1. The van der Waals surface area contributed by atoms with Gasteiger partial charge in [-0.15, -0.1) is 0 Å². The largest absolute Gasteiger partial charge is 0.497 e. The van der Waals surface area contributed by atoms with Gasteiger partial charge in [-0.1, -0.05) is 6.07 Å². The number of carbonyl (C=O) groups is 1. The standard InChI is InChI=1S/C23H26FNO4/c1-27-20-5-6-21-15(11-20)3-2-4-16(21)12-22(26)25-8-7-17-9-19(24)10-18-13-28-14-29-23(17)18/h5-6,9-11,16H,2-4,7-8,12-14H2,1H3,(H,25,26). The van der Waals surface area contributed by atoms with Crippen LogP contribution in [0.5, 0.6) is 11.5 Å². The first-order chi connectivity index (χ1) is 14.1. The lowest BCUT2D eigenvalue weighted by atomic mass is 9.81. The molecule has 1 unspecified atom stereocenters. The third-order valence-corrected chi connectivity index (χ3v) is 5.69. The summed E-state index contributed by atoms with van der Waals surface area (Å²) in [6.45, 7) is 0.962. The summed E-state index contributed by atoms with van der Waals surface area (Å²) in [5, 5.41) is 2.99. The van der Waals surface area contributed by atoms with Crippen LogP contribution in [0.25, 0.3) is 0 Å². The molecule has 4 rings (SSSR count). The van der Waals surface area contributed by atoms with E-state index in [1.165, 1.54) is 23.3 Å². The lowest BCUT2D eigenvalue weighted by Crippen LogP contribution is -2.28. The zero-order chi connectivity index (χ0) is 20.2. The average molecular weight is 399 g/mol. The molecular formula is C23H26FNO4. The minimum absolute atomic E-state index is 0.0215. The van der Waals surface area contributed by atoms with Gasteiger partial charge in [-0.25, -0.2) is 4.39 Å². The molecule has 6 heteroatoms. The fourth-order valence-electron chi connectivity index (χ4n) is 4.31. The van der Waals surface area contributed by atoms with E-state index >= 15 is 0 Å². The summed E-state index contributed by atoms with van der Waals surface area (Å²) in [5.41, 5.74) is 4.00. The molecule has 1 aliphatic heterocycles. The van der Waals surface area contributed by atoms with E-state index in [9.17, 15) is 9.18 Å². The number of halogens is 1. The van der Waals surface area contributed by atoms with Crippen LogP contribution in [0.3, 0.4) is 0 Å². The molecule has 5 nitrogen and oxygen atoms in total. The molecule has 2 aromatic carbocycles. The van der Waals surface area contributed by atoms with E-state index in [4.69, 9.17) is 14.2 Å². The summed E-state index contributed by atoms with van der Waals surface area (Å²) >= 11 is 0. The number of amides is 1. The van der Waals surface area contributed by atoms with Crippen LogP contribution in [0.2, 0.25) is 0 Å². The molecule has 0 spiro atoms. The summed E-state index contributed by atoms with van der Waals surface area (Å²) in [5.74, 6) is 1.48. The Hall–Kier alpha value is -2.60. The molecule has 2 aromatic rings. The van der Waals surface area contributed by atoms with E-state index in [2.05, 4.69) is 17.4 Å². The van der Waals surface area contributed by atoms with E-state index in [1.54, 1.807) is 7.11 Å². The zero-order valence-electron chi connectivity index (χ0n) is 16.6. The number of methoxy groups -OCH3 is 1. The Balaban J connectivity index is 1.34. The normalized spacial score (nSPS) is 17.7. The molecule has 154 valence electrons. The lowest BCUT2D eigenvalue weighted by molar-refractivity contribution is -0.121. The van der Waals surface area contributed by atoms with Crippen LogP contribution in [0.1, 0.15) is 47.4 Å². The van der Waals surface area contributed by atoms with Crippen molar-refractivity contribution in [1.82, 2.24) is 5.32 Å². The first-order valence-electron chi connectivity index (χ1n) is 10.1. The van der Waals surface area contributed by atoms with Crippen molar-refractivity contribution in [3.8, 4) is 11.5 Å². The van der Waals surface area contributed by atoms with Crippen molar-refractivity contribution in [1.29, 1.82) is 0 Å². The molecule has 1 N–H and O–H groups in total. The first kappa shape index (κ1) is 19.7. The number of fused-ring (bicyclic) bond motifs is 2. The van der Waals surface area contributed by atoms with Crippen molar-refractivity contribution in [3.05, 3.63) is 58.4 Å². The molecule has 2 aliphatic rings. The molecule has 0 fully saturated rings. The number of hydrogen-bond acceptors (Lipinski definition) is 4. The van der Waals surface area contributed by atoms with Gasteiger partial charge in [0.2, 0.25) is 5.91 Å². The van der Waals surface area contributed by atoms with Crippen LogP contribution in [0.4, 0.5) is 4.39 Å². The maximum Gasteiger partial charge on any atom is 0.220 e. The Morgan fingerprint density at radius 3 is 3.03 bits per heavy atom. The highest BCUT2D eigenvalue weighted by atomic mass is 19.1. The number of hydrogen-bond donors (Lipinski definition) is 1. The number of carbonyl (C=O) groups excluding carboxylic acids is 1. The summed E-state index contributed by atoms with van der Waals surface area (Å²) in [6.07, 6.45) is 4.10. The molecular weight excluding hydrogens is 373 g/mol. The molecule has 0 radical (unpaired) electrons. The number of rotatable bonds is 6. The highest BCUT2D eigenvalue weighted by Crippen LogP contribution is 2.36. The second-order valence-electron chi connectivity index (χ2n) is 7.62. The summed E-state index contributed by atoms with van der Waals surface area (Å²) in [6, 6.07) is 9.04. The number of nitrogens with one attached hydrogen (secondary N) is 1. The maximum atomic E-state index is 13.8. The maximum absolute atomic E-state index is 13.8. The fraction of sp³-hybridized carbons (Fsp3) is 0.435. The van der Waals surface area contributed by atoms with Gasteiger partial charge < -0.3 is 19.5 Å². The Morgan fingerprint density at radius 2 is 2.17 bits per heavy atom. The van der Waals surface area contributed by atoms with Crippen molar-refractivity contribution >= 4 is 5.91 Å². The van der Waals surface area contributed by atoms with Crippen LogP contribution in [0, 0.1) is 5.82 Å². The molecule has 0 bridgehead atoms. The van der Waals surface area contributed by atoms with Crippen LogP contribution in [-0.4, -0.2) is 26.4 Å². The highest BCUT2D eigenvalue weighted by molar-refractivity contribution is 5.77. The predicted molar refractivity (Wildman–Crippen MR) is 107 cm³/mol. The molecule has 1 amide bonds. The van der Waals surface area contributed by atoms with E-state index in [0.29, 0.717) is 37.3 Å². The van der Waals surface area contributed by atoms with Crippen LogP contribution in [0.15, 0.2) is 30.3 Å². The average Bonchev–Trinajstić information content (AvgIpc) is 2.73. The van der Waals surface area contributed by atoms with E-state index < -0.39 is 0 Å².